The average Bonchev–Trinajstić information content (AvgIpc) is 2.13. The summed E-state index contributed by atoms with van der Waals surface area (Å²) in [5.74, 6) is 0. The molecule has 0 N–H and O–H groups in total. The van der Waals surface area contributed by atoms with Crippen LogP contribution < -0.4 is 0 Å². The van der Waals surface area contributed by atoms with Crippen LogP contribution in [0.4, 0.5) is 0 Å². The molecular formula is C7H18O4Si. The summed E-state index contributed by atoms with van der Waals surface area (Å²) in [6, 6.07) is 0.902. The molecule has 0 atom stereocenters. The van der Waals surface area contributed by atoms with E-state index < -0.39 is 9.28 Å². The summed E-state index contributed by atoms with van der Waals surface area (Å²) in [6.07, 6.45) is 0.691. The van der Waals surface area contributed by atoms with E-state index in [9.17, 15) is 0 Å². The van der Waals surface area contributed by atoms with Crippen LogP contribution in [0.3, 0.4) is 0 Å². The minimum absolute atomic E-state index is 0.134. The molecule has 4 nitrogen and oxygen atoms in total. The minimum atomic E-state index is -1.44. The van der Waals surface area contributed by atoms with Crippen molar-refractivity contribution in [3.63, 3.8) is 0 Å². The summed E-state index contributed by atoms with van der Waals surface area (Å²) in [7, 11) is 5.17. The van der Waals surface area contributed by atoms with E-state index in [0.717, 1.165) is 12.5 Å². The second kappa shape index (κ2) is 7.69. The zero-order valence-electron chi connectivity index (χ0n) is 8.20. The molecule has 0 fully saturated rings. The first kappa shape index (κ1) is 12.1. The molecule has 0 rings (SSSR count). The fraction of sp³-hybridized carbons (Fsp3) is 1.00. The highest BCUT2D eigenvalue weighted by molar-refractivity contribution is 6.44. The fourth-order valence-corrected chi connectivity index (χ4v) is 2.14. The maximum Gasteiger partial charge on any atom is 0.321 e. The fourth-order valence-electron chi connectivity index (χ4n) is 0.936. The third-order valence-electron chi connectivity index (χ3n) is 1.69. The van der Waals surface area contributed by atoms with Gasteiger partial charge < -0.3 is 18.3 Å². The molecule has 0 spiro atoms. The van der Waals surface area contributed by atoms with Gasteiger partial charge in [0.05, 0.1) is 0 Å². The van der Waals surface area contributed by atoms with Crippen molar-refractivity contribution >= 4 is 9.28 Å². The van der Waals surface area contributed by atoms with Gasteiger partial charge in [0.2, 0.25) is 0 Å². The molecule has 0 heterocycles. The molecule has 0 aliphatic carbocycles. The zero-order valence-corrected chi connectivity index (χ0v) is 9.36. The lowest BCUT2D eigenvalue weighted by atomic mass is 10.5. The van der Waals surface area contributed by atoms with Gasteiger partial charge in [-0.25, -0.2) is 0 Å². The van der Waals surface area contributed by atoms with Gasteiger partial charge in [0, 0.05) is 34.9 Å². The van der Waals surface area contributed by atoms with Crippen molar-refractivity contribution in [3.05, 3.63) is 0 Å². The molecule has 0 unspecified atom stereocenters. The molecule has 0 saturated carbocycles. The third kappa shape index (κ3) is 4.84. The predicted molar refractivity (Wildman–Crippen MR) is 48.4 cm³/mol. The molecule has 0 aliphatic rings. The average molecular weight is 194 g/mol. The van der Waals surface area contributed by atoms with Crippen LogP contribution in [0, 0.1) is 0 Å². The van der Waals surface area contributed by atoms with Gasteiger partial charge in [-0.05, 0) is 6.04 Å². The van der Waals surface area contributed by atoms with E-state index in [4.69, 9.17) is 18.3 Å². The van der Waals surface area contributed by atoms with Gasteiger partial charge in [-0.15, -0.1) is 0 Å². The molecule has 0 aromatic carbocycles. The van der Waals surface area contributed by atoms with E-state index in [-0.39, 0.29) is 6.29 Å². The first-order chi connectivity index (χ1) is 5.78. The van der Waals surface area contributed by atoms with Gasteiger partial charge in [-0.2, -0.15) is 0 Å². The van der Waals surface area contributed by atoms with Crippen molar-refractivity contribution in [3.8, 4) is 0 Å². The minimum Gasteiger partial charge on any atom is -0.400 e. The molecular weight excluding hydrogens is 176 g/mol. The molecule has 0 aliphatic heterocycles. The van der Waals surface area contributed by atoms with E-state index in [0.29, 0.717) is 0 Å². The summed E-state index contributed by atoms with van der Waals surface area (Å²) in [5.41, 5.74) is 0. The van der Waals surface area contributed by atoms with Crippen LogP contribution in [0.15, 0.2) is 0 Å². The third-order valence-corrected chi connectivity index (χ3v) is 3.55. The van der Waals surface area contributed by atoms with Gasteiger partial charge in [0.25, 0.3) is 0 Å². The quantitative estimate of drug-likeness (QED) is 0.437. The number of ether oxygens (including phenoxy) is 2. The molecule has 0 bridgehead atoms. The summed E-state index contributed by atoms with van der Waals surface area (Å²) >= 11 is 0. The van der Waals surface area contributed by atoms with Gasteiger partial charge in [0.15, 0.2) is 6.29 Å². The van der Waals surface area contributed by atoms with Crippen LogP contribution in [-0.2, 0) is 18.3 Å². The maximum atomic E-state index is 5.14. The van der Waals surface area contributed by atoms with Crippen LogP contribution in [0.2, 0.25) is 6.04 Å². The standard InChI is InChI=1S/C7H18O4Si/c1-8-7(9-2)5-6-12(10-3)11-4/h7,12H,5-6H2,1-4H3. The SMILES string of the molecule is COC(CC[SiH](OC)OC)OC. The van der Waals surface area contributed by atoms with Crippen molar-refractivity contribution < 1.29 is 18.3 Å². The lowest BCUT2D eigenvalue weighted by Gasteiger charge is -2.15. The predicted octanol–water partition coefficient (Wildman–Crippen LogP) is 0.509. The second-order valence-electron chi connectivity index (χ2n) is 2.38. The Hall–Kier alpha value is 0.0569. The topological polar surface area (TPSA) is 36.9 Å². The molecule has 5 heteroatoms. The van der Waals surface area contributed by atoms with Crippen molar-refractivity contribution in [2.24, 2.45) is 0 Å². The van der Waals surface area contributed by atoms with Crippen molar-refractivity contribution in [2.75, 3.05) is 28.4 Å². The van der Waals surface area contributed by atoms with E-state index in [1.54, 1.807) is 28.4 Å². The Morgan fingerprint density at radius 3 is 1.83 bits per heavy atom. The summed E-state index contributed by atoms with van der Waals surface area (Å²) < 4.78 is 20.3. The lowest BCUT2D eigenvalue weighted by Crippen LogP contribution is -2.22. The monoisotopic (exact) mass is 194 g/mol. The number of hydrogen-bond donors (Lipinski definition) is 0. The second-order valence-corrected chi connectivity index (χ2v) is 4.76. The van der Waals surface area contributed by atoms with Crippen LogP contribution >= 0.6 is 0 Å². The normalized spacial score (nSPS) is 11.5. The highest BCUT2D eigenvalue weighted by Gasteiger charge is 2.13. The van der Waals surface area contributed by atoms with Crippen LogP contribution in [0.1, 0.15) is 6.42 Å². The molecule has 74 valence electrons. The van der Waals surface area contributed by atoms with E-state index in [1.807, 2.05) is 0 Å². The lowest BCUT2D eigenvalue weighted by molar-refractivity contribution is -0.103. The summed E-state index contributed by atoms with van der Waals surface area (Å²) in [6.45, 7) is 0. The highest BCUT2D eigenvalue weighted by atomic mass is 28.3. The van der Waals surface area contributed by atoms with Gasteiger partial charge >= 0.3 is 9.28 Å². The molecule has 0 saturated heterocycles. The summed E-state index contributed by atoms with van der Waals surface area (Å²) in [4.78, 5) is 0. The van der Waals surface area contributed by atoms with Gasteiger partial charge in [-0.3, -0.25) is 0 Å². The first-order valence-electron chi connectivity index (χ1n) is 3.89. The van der Waals surface area contributed by atoms with Gasteiger partial charge in [0.1, 0.15) is 0 Å². The van der Waals surface area contributed by atoms with Crippen LogP contribution in [-0.4, -0.2) is 44.0 Å². The van der Waals surface area contributed by atoms with E-state index >= 15 is 0 Å². The van der Waals surface area contributed by atoms with Gasteiger partial charge in [-0.1, -0.05) is 0 Å². The Kier molecular flexibility index (Phi) is 7.73. The Morgan fingerprint density at radius 2 is 1.50 bits per heavy atom. The molecule has 0 aromatic rings. The molecule has 0 aromatic heterocycles. The van der Waals surface area contributed by atoms with Crippen LogP contribution in [0.25, 0.3) is 0 Å². The van der Waals surface area contributed by atoms with Crippen molar-refractivity contribution in [1.82, 2.24) is 0 Å². The zero-order chi connectivity index (χ0) is 9.40. The van der Waals surface area contributed by atoms with E-state index in [1.165, 1.54) is 0 Å². The Labute approximate surface area is 75.6 Å². The summed E-state index contributed by atoms with van der Waals surface area (Å²) in [5, 5.41) is 0. The highest BCUT2D eigenvalue weighted by Crippen LogP contribution is 2.06. The number of methoxy groups -OCH3 is 2. The van der Waals surface area contributed by atoms with Crippen LogP contribution in [0.5, 0.6) is 0 Å². The largest absolute Gasteiger partial charge is 0.400 e. The Bertz CT molecular complexity index is 81.4. The molecule has 0 radical (unpaired) electrons. The number of rotatable bonds is 7. The molecule has 12 heavy (non-hydrogen) atoms. The maximum absolute atomic E-state index is 5.14. The smallest absolute Gasteiger partial charge is 0.321 e. The Morgan fingerprint density at radius 1 is 1.00 bits per heavy atom. The van der Waals surface area contributed by atoms with Crippen molar-refractivity contribution in [1.29, 1.82) is 0 Å². The first-order valence-corrected chi connectivity index (χ1v) is 5.65. The molecule has 0 amide bonds. The van der Waals surface area contributed by atoms with Crippen molar-refractivity contribution in [2.45, 2.75) is 18.8 Å². The van der Waals surface area contributed by atoms with E-state index in [2.05, 4.69) is 0 Å². The Balaban J connectivity index is 3.49. The number of hydrogen-bond acceptors (Lipinski definition) is 4.